The van der Waals surface area contributed by atoms with Gasteiger partial charge >= 0.3 is 0 Å². The molecule has 1 aliphatic heterocycles. The van der Waals surface area contributed by atoms with Crippen LogP contribution in [0.5, 0.6) is 0 Å². The lowest BCUT2D eigenvalue weighted by Gasteiger charge is -2.63. The number of fused-ring (bicyclic) bond motifs is 2. The van der Waals surface area contributed by atoms with Crippen LogP contribution in [0.15, 0.2) is 4.99 Å². The molecule has 5 heteroatoms. The lowest BCUT2D eigenvalue weighted by molar-refractivity contribution is -0.171. The van der Waals surface area contributed by atoms with Gasteiger partial charge in [-0.05, 0) is 38.0 Å². The fraction of sp³-hybridized carbons (Fsp3) is 0.933. The highest BCUT2D eigenvalue weighted by atomic mass is 127. The van der Waals surface area contributed by atoms with Gasteiger partial charge in [0, 0.05) is 37.6 Å². The van der Waals surface area contributed by atoms with Crippen LogP contribution < -0.4 is 10.6 Å². The first-order valence-electron chi connectivity index (χ1n) is 7.92. The quantitative estimate of drug-likeness (QED) is 0.440. The highest BCUT2D eigenvalue weighted by Crippen LogP contribution is 2.62. The van der Waals surface area contributed by atoms with E-state index in [2.05, 4.69) is 15.6 Å². The molecule has 4 fully saturated rings. The molecule has 3 atom stereocenters. The van der Waals surface area contributed by atoms with Gasteiger partial charge in [0.25, 0.3) is 0 Å². The topological polar surface area (TPSA) is 45.7 Å². The minimum Gasteiger partial charge on any atom is -0.377 e. The molecule has 0 aromatic rings. The molecule has 3 unspecified atom stereocenters. The maximum atomic E-state index is 5.96. The Hall–Kier alpha value is -0.0400. The van der Waals surface area contributed by atoms with E-state index < -0.39 is 0 Å². The third-order valence-electron chi connectivity index (χ3n) is 5.81. The molecule has 4 nitrogen and oxygen atoms in total. The van der Waals surface area contributed by atoms with E-state index in [4.69, 9.17) is 4.74 Å². The van der Waals surface area contributed by atoms with Crippen molar-refractivity contribution < 1.29 is 4.74 Å². The number of halogens is 1. The molecule has 0 radical (unpaired) electrons. The first-order chi connectivity index (χ1) is 9.33. The molecule has 0 aromatic heterocycles. The van der Waals surface area contributed by atoms with E-state index in [1.807, 2.05) is 7.05 Å². The van der Waals surface area contributed by atoms with Crippen LogP contribution in [-0.4, -0.2) is 38.3 Å². The van der Waals surface area contributed by atoms with Crippen LogP contribution in [0, 0.1) is 17.3 Å². The molecule has 3 saturated carbocycles. The van der Waals surface area contributed by atoms with E-state index in [0.29, 0.717) is 17.6 Å². The summed E-state index contributed by atoms with van der Waals surface area (Å²) in [7, 11) is 1.89. The Morgan fingerprint density at radius 2 is 2.10 bits per heavy atom. The normalized spacial score (nSPS) is 37.5. The Balaban J connectivity index is 0.00000121. The third-order valence-corrected chi connectivity index (χ3v) is 5.81. The predicted molar refractivity (Wildman–Crippen MR) is 90.6 cm³/mol. The van der Waals surface area contributed by atoms with Crippen LogP contribution in [-0.2, 0) is 4.74 Å². The van der Waals surface area contributed by atoms with Crippen molar-refractivity contribution in [2.24, 2.45) is 22.2 Å². The third kappa shape index (κ3) is 2.25. The van der Waals surface area contributed by atoms with E-state index in [0.717, 1.165) is 30.9 Å². The zero-order chi connectivity index (χ0) is 12.9. The van der Waals surface area contributed by atoms with Crippen molar-refractivity contribution in [1.29, 1.82) is 0 Å². The summed E-state index contributed by atoms with van der Waals surface area (Å²) in [5.41, 5.74) is 0.443. The van der Waals surface area contributed by atoms with Crippen molar-refractivity contribution in [3.8, 4) is 0 Å². The zero-order valence-corrected chi connectivity index (χ0v) is 14.6. The lowest BCUT2D eigenvalue weighted by atomic mass is 9.46. The summed E-state index contributed by atoms with van der Waals surface area (Å²) >= 11 is 0. The average molecular weight is 391 g/mol. The highest BCUT2D eigenvalue weighted by molar-refractivity contribution is 14.0. The number of guanidine groups is 1. The summed E-state index contributed by atoms with van der Waals surface area (Å²) in [5, 5.41) is 7.20. The Labute approximate surface area is 138 Å². The van der Waals surface area contributed by atoms with Gasteiger partial charge in [0.2, 0.25) is 0 Å². The molecule has 1 heterocycles. The van der Waals surface area contributed by atoms with Crippen LogP contribution in [0.3, 0.4) is 0 Å². The number of aliphatic imine (C=N–C) groups is 1. The van der Waals surface area contributed by atoms with Crippen molar-refractivity contribution in [3.05, 3.63) is 0 Å². The molecule has 1 spiro atoms. The molecule has 114 valence electrons. The maximum absolute atomic E-state index is 5.96. The number of hydrogen-bond acceptors (Lipinski definition) is 2. The number of ether oxygens (including phenoxy) is 1. The second kappa shape index (κ2) is 5.63. The minimum absolute atomic E-state index is 0. The van der Waals surface area contributed by atoms with Gasteiger partial charge < -0.3 is 15.4 Å². The van der Waals surface area contributed by atoms with E-state index in [1.54, 1.807) is 0 Å². The summed E-state index contributed by atoms with van der Waals surface area (Å²) in [5.74, 6) is 2.62. The van der Waals surface area contributed by atoms with Crippen LogP contribution in [0.25, 0.3) is 0 Å². The van der Waals surface area contributed by atoms with Gasteiger partial charge in [-0.3, -0.25) is 4.99 Å². The van der Waals surface area contributed by atoms with Crippen LogP contribution >= 0.6 is 24.0 Å². The van der Waals surface area contributed by atoms with E-state index in [1.165, 1.54) is 38.5 Å². The fourth-order valence-electron chi connectivity index (χ4n) is 4.36. The molecule has 0 aromatic carbocycles. The largest absolute Gasteiger partial charge is 0.377 e. The van der Waals surface area contributed by atoms with Gasteiger partial charge in [0.1, 0.15) is 0 Å². The Morgan fingerprint density at radius 1 is 1.30 bits per heavy atom. The molecular formula is C15H26IN3O. The van der Waals surface area contributed by atoms with Gasteiger partial charge in [-0.15, -0.1) is 24.0 Å². The molecule has 1 saturated heterocycles. The van der Waals surface area contributed by atoms with Crippen LogP contribution in [0.1, 0.15) is 38.5 Å². The Morgan fingerprint density at radius 3 is 2.70 bits per heavy atom. The Kier molecular flexibility index (Phi) is 4.19. The summed E-state index contributed by atoms with van der Waals surface area (Å²) in [4.78, 5) is 4.40. The van der Waals surface area contributed by atoms with Crippen molar-refractivity contribution in [3.63, 3.8) is 0 Å². The first-order valence-corrected chi connectivity index (χ1v) is 7.92. The standard InChI is InChI=1S/C15H25N3O.HI/c1-16-14(17-9-10-3-4-10)18-12-11-5-8-19-13(11)15(12)6-2-7-15;/h10-13H,2-9H2,1H3,(H2,16,17,18);1H. The van der Waals surface area contributed by atoms with Gasteiger partial charge in [0.05, 0.1) is 6.10 Å². The number of hydrogen-bond donors (Lipinski definition) is 2. The maximum Gasteiger partial charge on any atom is 0.191 e. The molecule has 0 bridgehead atoms. The molecule has 4 aliphatic rings. The first kappa shape index (κ1) is 14.9. The fourth-order valence-corrected chi connectivity index (χ4v) is 4.36. The average Bonchev–Trinajstić information content (AvgIpc) is 3.09. The van der Waals surface area contributed by atoms with Gasteiger partial charge in [-0.1, -0.05) is 6.42 Å². The molecule has 4 rings (SSSR count). The van der Waals surface area contributed by atoms with Gasteiger partial charge in [-0.25, -0.2) is 0 Å². The SMILES string of the molecule is CN=C(NCC1CC1)NC1C2CCOC2C12CCC2.I. The van der Waals surface area contributed by atoms with E-state index >= 15 is 0 Å². The summed E-state index contributed by atoms with van der Waals surface area (Å²) in [6.07, 6.45) is 8.59. The number of nitrogens with one attached hydrogen (secondary N) is 2. The van der Waals surface area contributed by atoms with Crippen molar-refractivity contribution in [1.82, 2.24) is 10.6 Å². The molecule has 3 aliphatic carbocycles. The summed E-state index contributed by atoms with van der Waals surface area (Å²) in [6, 6.07) is 0.596. The Bertz CT molecular complexity index is 393. The molecule has 0 amide bonds. The van der Waals surface area contributed by atoms with E-state index in [-0.39, 0.29) is 24.0 Å². The molecule has 20 heavy (non-hydrogen) atoms. The van der Waals surface area contributed by atoms with E-state index in [9.17, 15) is 0 Å². The van der Waals surface area contributed by atoms with Gasteiger partial charge in [-0.2, -0.15) is 0 Å². The highest BCUT2D eigenvalue weighted by Gasteiger charge is 2.66. The smallest absolute Gasteiger partial charge is 0.191 e. The van der Waals surface area contributed by atoms with Crippen molar-refractivity contribution in [2.75, 3.05) is 20.2 Å². The molecular weight excluding hydrogens is 365 g/mol. The summed E-state index contributed by atoms with van der Waals surface area (Å²) < 4.78 is 5.96. The second-order valence-corrected chi connectivity index (χ2v) is 6.85. The predicted octanol–water partition coefficient (Wildman–Crippen LogP) is 2.14. The van der Waals surface area contributed by atoms with Gasteiger partial charge in [0.15, 0.2) is 5.96 Å². The van der Waals surface area contributed by atoms with Crippen molar-refractivity contribution >= 4 is 29.9 Å². The van der Waals surface area contributed by atoms with Crippen LogP contribution in [0.4, 0.5) is 0 Å². The monoisotopic (exact) mass is 391 g/mol. The second-order valence-electron chi connectivity index (χ2n) is 6.85. The zero-order valence-electron chi connectivity index (χ0n) is 12.2. The number of nitrogens with zero attached hydrogens (tertiary/aromatic N) is 1. The lowest BCUT2D eigenvalue weighted by Crippen LogP contribution is -2.72. The minimum atomic E-state index is 0. The van der Waals surface area contributed by atoms with Crippen LogP contribution in [0.2, 0.25) is 0 Å². The summed E-state index contributed by atoms with van der Waals surface area (Å²) in [6.45, 7) is 2.05. The van der Waals surface area contributed by atoms with Crippen molar-refractivity contribution in [2.45, 2.75) is 50.7 Å². The molecule has 2 N–H and O–H groups in total. The number of rotatable bonds is 3.